The number of hydrogen-bond acceptors (Lipinski definition) is 4. The number of piperidine rings is 2. The second kappa shape index (κ2) is 10.9. The number of hydrogen-bond donors (Lipinski definition) is 2. The molecule has 0 aromatic heterocycles. The molecule has 1 atom stereocenters. The number of amides is 4. The highest BCUT2D eigenvalue weighted by atomic mass is 16.2. The van der Waals surface area contributed by atoms with Crippen LogP contribution in [0, 0.1) is 0 Å². The van der Waals surface area contributed by atoms with Gasteiger partial charge in [-0.2, -0.15) is 0 Å². The number of anilines is 1. The summed E-state index contributed by atoms with van der Waals surface area (Å²) in [4.78, 5) is 49.4. The van der Waals surface area contributed by atoms with Gasteiger partial charge in [0.15, 0.2) is 0 Å². The van der Waals surface area contributed by atoms with Crippen molar-refractivity contribution in [3.8, 4) is 0 Å². The number of rotatable bonds is 8. The zero-order valence-electron chi connectivity index (χ0n) is 17.5. The number of likely N-dealkylation sites (tertiary alicyclic amines) is 1. The molecule has 7 nitrogen and oxygen atoms in total. The molecule has 1 aromatic carbocycles. The first kappa shape index (κ1) is 22.0. The molecule has 3 rings (SSSR count). The van der Waals surface area contributed by atoms with Crippen molar-refractivity contribution in [3.63, 3.8) is 0 Å². The first-order valence-electron chi connectivity index (χ1n) is 11.0. The van der Waals surface area contributed by atoms with Gasteiger partial charge in [-0.15, -0.1) is 0 Å². The highest BCUT2D eigenvalue weighted by molar-refractivity contribution is 6.01. The van der Waals surface area contributed by atoms with Gasteiger partial charge in [0.05, 0.1) is 5.92 Å². The number of nitrogens with one attached hydrogen (secondary N) is 2. The first-order valence-corrected chi connectivity index (χ1v) is 11.0. The van der Waals surface area contributed by atoms with E-state index >= 15 is 0 Å². The maximum absolute atomic E-state index is 12.1. The van der Waals surface area contributed by atoms with Gasteiger partial charge in [-0.25, -0.2) is 0 Å². The molecule has 2 saturated heterocycles. The summed E-state index contributed by atoms with van der Waals surface area (Å²) < 4.78 is 0. The van der Waals surface area contributed by atoms with Crippen LogP contribution in [0.1, 0.15) is 75.7 Å². The number of benzene rings is 1. The van der Waals surface area contributed by atoms with Gasteiger partial charge >= 0.3 is 0 Å². The van der Waals surface area contributed by atoms with Crippen LogP contribution in [0.25, 0.3) is 0 Å². The van der Waals surface area contributed by atoms with Crippen LogP contribution >= 0.6 is 0 Å². The van der Waals surface area contributed by atoms with Crippen molar-refractivity contribution in [2.45, 2.75) is 70.1 Å². The van der Waals surface area contributed by atoms with Crippen LogP contribution in [0.15, 0.2) is 24.3 Å². The average Bonchev–Trinajstić information content (AvgIpc) is 2.75. The lowest BCUT2D eigenvalue weighted by molar-refractivity contribution is -0.134. The van der Waals surface area contributed by atoms with Gasteiger partial charge in [0.2, 0.25) is 23.6 Å². The van der Waals surface area contributed by atoms with Crippen molar-refractivity contribution in [2.24, 2.45) is 0 Å². The second-order valence-electron chi connectivity index (χ2n) is 8.18. The fraction of sp³-hybridized carbons (Fsp3) is 0.565. The monoisotopic (exact) mass is 413 g/mol. The molecular formula is C23H31N3O4. The minimum atomic E-state index is -0.319. The standard InChI is InChI=1S/C23H31N3O4/c27-20(7-3-1-4-8-22(29)26-15-5-2-6-16-26)24-18-11-9-17(10-12-18)19-13-14-21(28)25-23(19)30/h9-12,19H,1-8,13-16H2,(H,24,27)(H,25,28,30). The molecular weight excluding hydrogens is 382 g/mol. The van der Waals surface area contributed by atoms with Crippen LogP contribution in [0.3, 0.4) is 0 Å². The number of nitrogens with zero attached hydrogens (tertiary/aromatic N) is 1. The third-order valence-corrected chi connectivity index (χ3v) is 5.84. The number of carbonyl (C=O) groups is 4. The van der Waals surface area contributed by atoms with Crippen molar-refractivity contribution in [2.75, 3.05) is 18.4 Å². The van der Waals surface area contributed by atoms with Gasteiger partial charge < -0.3 is 10.2 Å². The molecule has 0 saturated carbocycles. The first-order chi connectivity index (χ1) is 14.5. The Bertz CT molecular complexity index is 769. The predicted molar refractivity (Wildman–Crippen MR) is 114 cm³/mol. The lowest BCUT2D eigenvalue weighted by Crippen LogP contribution is -2.39. The Hall–Kier alpha value is -2.70. The van der Waals surface area contributed by atoms with Crippen LogP contribution in [-0.2, 0) is 19.2 Å². The molecule has 1 unspecified atom stereocenters. The Morgan fingerprint density at radius 1 is 0.967 bits per heavy atom. The molecule has 2 heterocycles. The van der Waals surface area contributed by atoms with Crippen molar-refractivity contribution < 1.29 is 19.2 Å². The van der Waals surface area contributed by atoms with E-state index in [9.17, 15) is 19.2 Å². The van der Waals surface area contributed by atoms with Crippen LogP contribution < -0.4 is 10.6 Å². The minimum Gasteiger partial charge on any atom is -0.343 e. The summed E-state index contributed by atoms with van der Waals surface area (Å²) in [7, 11) is 0. The van der Waals surface area contributed by atoms with Gasteiger partial charge in [0.25, 0.3) is 0 Å². The number of unbranched alkanes of at least 4 members (excludes halogenated alkanes) is 2. The van der Waals surface area contributed by atoms with Crippen LogP contribution in [0.4, 0.5) is 5.69 Å². The van der Waals surface area contributed by atoms with E-state index in [0.717, 1.165) is 50.8 Å². The van der Waals surface area contributed by atoms with Gasteiger partial charge in [0.1, 0.15) is 0 Å². The van der Waals surface area contributed by atoms with Crippen molar-refractivity contribution >= 4 is 29.3 Å². The summed E-state index contributed by atoms with van der Waals surface area (Å²) >= 11 is 0. The van der Waals surface area contributed by atoms with Crippen LogP contribution in [0.5, 0.6) is 0 Å². The molecule has 0 spiro atoms. The van der Waals surface area contributed by atoms with E-state index in [2.05, 4.69) is 10.6 Å². The SMILES string of the molecule is O=C1CCC(c2ccc(NC(=O)CCCCCC(=O)N3CCCCC3)cc2)C(=O)N1. The summed E-state index contributed by atoms with van der Waals surface area (Å²) in [5.41, 5.74) is 1.53. The lowest BCUT2D eigenvalue weighted by atomic mass is 9.90. The highest BCUT2D eigenvalue weighted by Gasteiger charge is 2.27. The van der Waals surface area contributed by atoms with Crippen molar-refractivity contribution in [1.82, 2.24) is 10.2 Å². The van der Waals surface area contributed by atoms with Crippen molar-refractivity contribution in [1.29, 1.82) is 0 Å². The van der Waals surface area contributed by atoms with Gasteiger partial charge in [-0.05, 0) is 56.2 Å². The smallest absolute Gasteiger partial charge is 0.234 e. The maximum atomic E-state index is 12.1. The van der Waals surface area contributed by atoms with Gasteiger partial charge in [-0.3, -0.25) is 24.5 Å². The molecule has 2 aliphatic rings. The molecule has 0 radical (unpaired) electrons. The summed E-state index contributed by atoms with van der Waals surface area (Å²) in [6.07, 6.45) is 7.74. The average molecular weight is 414 g/mol. The number of carbonyl (C=O) groups excluding carboxylic acids is 4. The molecule has 0 aliphatic carbocycles. The zero-order chi connectivity index (χ0) is 21.3. The van der Waals surface area contributed by atoms with E-state index in [-0.39, 0.29) is 29.5 Å². The number of imide groups is 1. The summed E-state index contributed by atoms with van der Waals surface area (Å²) in [6, 6.07) is 7.21. The fourth-order valence-corrected chi connectivity index (χ4v) is 4.07. The normalized spacial score (nSPS) is 19.3. The quantitative estimate of drug-likeness (QED) is 0.506. The molecule has 7 heteroatoms. The molecule has 4 amide bonds. The van der Waals surface area contributed by atoms with Crippen LogP contribution in [0.2, 0.25) is 0 Å². The molecule has 162 valence electrons. The summed E-state index contributed by atoms with van der Waals surface area (Å²) in [5, 5.41) is 5.24. The Kier molecular flexibility index (Phi) is 7.99. The lowest BCUT2D eigenvalue weighted by Gasteiger charge is -2.26. The minimum absolute atomic E-state index is 0.0499. The Balaban J connectivity index is 1.33. The molecule has 1 aromatic rings. The van der Waals surface area contributed by atoms with Gasteiger partial charge in [0, 0.05) is 38.0 Å². The molecule has 2 N–H and O–H groups in total. The van der Waals surface area contributed by atoms with E-state index in [0.29, 0.717) is 31.4 Å². The predicted octanol–water partition coefficient (Wildman–Crippen LogP) is 3.11. The van der Waals surface area contributed by atoms with Crippen LogP contribution in [-0.4, -0.2) is 41.6 Å². The topological polar surface area (TPSA) is 95.6 Å². The van der Waals surface area contributed by atoms with E-state index in [1.807, 2.05) is 17.0 Å². The van der Waals surface area contributed by atoms with E-state index < -0.39 is 0 Å². The molecule has 2 aliphatic heterocycles. The van der Waals surface area contributed by atoms with E-state index in [1.165, 1.54) is 6.42 Å². The zero-order valence-corrected chi connectivity index (χ0v) is 17.5. The second-order valence-corrected chi connectivity index (χ2v) is 8.18. The van der Waals surface area contributed by atoms with E-state index in [1.54, 1.807) is 12.1 Å². The Morgan fingerprint density at radius 3 is 2.37 bits per heavy atom. The Labute approximate surface area is 177 Å². The summed E-state index contributed by atoms with van der Waals surface area (Å²) in [5.74, 6) is -0.612. The van der Waals surface area contributed by atoms with Gasteiger partial charge in [-0.1, -0.05) is 18.6 Å². The highest BCUT2D eigenvalue weighted by Crippen LogP contribution is 2.26. The molecule has 30 heavy (non-hydrogen) atoms. The fourth-order valence-electron chi connectivity index (χ4n) is 4.07. The molecule has 2 fully saturated rings. The maximum Gasteiger partial charge on any atom is 0.234 e. The Morgan fingerprint density at radius 2 is 1.67 bits per heavy atom. The largest absolute Gasteiger partial charge is 0.343 e. The third kappa shape index (κ3) is 6.40. The van der Waals surface area contributed by atoms with E-state index in [4.69, 9.17) is 0 Å². The summed E-state index contributed by atoms with van der Waals surface area (Å²) in [6.45, 7) is 1.78. The third-order valence-electron chi connectivity index (χ3n) is 5.84. The molecule has 0 bridgehead atoms. The van der Waals surface area contributed by atoms with Crippen molar-refractivity contribution in [3.05, 3.63) is 29.8 Å².